The molecule has 1 aliphatic carbocycles. The van der Waals surface area contributed by atoms with Crippen molar-refractivity contribution < 1.29 is 19.1 Å². The fourth-order valence-corrected chi connectivity index (χ4v) is 4.89. The number of pyridine rings is 1. The zero-order valence-corrected chi connectivity index (χ0v) is 17.8. The van der Waals surface area contributed by atoms with E-state index in [0.717, 1.165) is 5.56 Å². The lowest BCUT2D eigenvalue weighted by Crippen LogP contribution is -2.52. The summed E-state index contributed by atoms with van der Waals surface area (Å²) in [5.41, 5.74) is 2.43. The summed E-state index contributed by atoms with van der Waals surface area (Å²) in [4.78, 5) is 39.7. The van der Waals surface area contributed by atoms with Crippen LogP contribution >= 0.6 is 0 Å². The number of ether oxygens (including phenoxy) is 2. The van der Waals surface area contributed by atoms with Gasteiger partial charge in [0, 0.05) is 30.0 Å². The second kappa shape index (κ2) is 7.38. The third-order valence-corrected chi connectivity index (χ3v) is 6.32. The first-order chi connectivity index (χ1) is 15.4. The van der Waals surface area contributed by atoms with Crippen LogP contribution in [0.25, 0.3) is 0 Å². The molecule has 3 heterocycles. The van der Waals surface area contributed by atoms with Gasteiger partial charge in [0.1, 0.15) is 11.6 Å². The zero-order chi connectivity index (χ0) is 22.6. The molecule has 1 aromatic heterocycles. The summed E-state index contributed by atoms with van der Waals surface area (Å²) in [5, 5.41) is 10.8. The number of benzene rings is 1. The van der Waals surface area contributed by atoms with Crippen molar-refractivity contribution in [1.29, 1.82) is 5.26 Å². The van der Waals surface area contributed by atoms with Crippen LogP contribution in [-0.4, -0.2) is 23.2 Å². The summed E-state index contributed by atoms with van der Waals surface area (Å²) in [6.45, 7) is 3.55. The second-order valence-electron chi connectivity index (χ2n) is 8.28. The van der Waals surface area contributed by atoms with E-state index in [9.17, 15) is 19.6 Å². The van der Waals surface area contributed by atoms with Gasteiger partial charge in [0.15, 0.2) is 17.3 Å². The minimum Gasteiger partial charge on any atom is -0.454 e. The quantitative estimate of drug-likeness (QED) is 0.725. The zero-order valence-electron chi connectivity index (χ0n) is 17.8. The van der Waals surface area contributed by atoms with Crippen molar-refractivity contribution in [3.63, 3.8) is 0 Å². The lowest BCUT2D eigenvalue weighted by molar-refractivity contribution is -0.121. The Hall–Kier alpha value is -3.86. The Bertz CT molecular complexity index is 1310. The van der Waals surface area contributed by atoms with Gasteiger partial charge in [0.2, 0.25) is 12.7 Å². The van der Waals surface area contributed by atoms with Gasteiger partial charge in [-0.1, -0.05) is 6.07 Å². The standard InChI is InChI=1S/C24H21N3O5/c1-13-8-14(2)26(24(30)17(13)11-25)27-18-4-3-5-19(28)23(18)16(10-22(27)29)15-6-7-20-21(9-15)32-12-31-20/h6-9,16H,3-5,10,12H2,1-2H3/t16-/m1/s1. The van der Waals surface area contributed by atoms with E-state index >= 15 is 0 Å². The lowest BCUT2D eigenvalue weighted by atomic mass is 9.77. The smallest absolute Gasteiger partial charge is 0.288 e. The fraction of sp³-hybridized carbons (Fsp3) is 0.333. The number of carbonyl (C=O) groups excluding carboxylic acids is 2. The number of rotatable bonds is 2. The van der Waals surface area contributed by atoms with E-state index in [1.165, 1.54) is 9.69 Å². The summed E-state index contributed by atoms with van der Waals surface area (Å²) in [6, 6.07) is 9.11. The van der Waals surface area contributed by atoms with Crippen molar-refractivity contribution in [2.24, 2.45) is 0 Å². The number of aryl methyl sites for hydroxylation is 2. The molecule has 2 aliphatic heterocycles. The number of hydrogen-bond acceptors (Lipinski definition) is 6. The molecule has 1 amide bonds. The van der Waals surface area contributed by atoms with Gasteiger partial charge in [-0.2, -0.15) is 5.26 Å². The highest BCUT2D eigenvalue weighted by molar-refractivity contribution is 6.04. The Morgan fingerprint density at radius 2 is 1.84 bits per heavy atom. The predicted molar refractivity (Wildman–Crippen MR) is 114 cm³/mol. The molecule has 5 rings (SSSR count). The topological polar surface area (TPSA) is 102 Å². The maximum absolute atomic E-state index is 13.4. The fourth-order valence-electron chi connectivity index (χ4n) is 4.89. The summed E-state index contributed by atoms with van der Waals surface area (Å²) < 4.78 is 12.1. The molecule has 0 N–H and O–H groups in total. The van der Waals surface area contributed by atoms with Gasteiger partial charge in [-0.05, 0) is 56.0 Å². The van der Waals surface area contributed by atoms with Gasteiger partial charge in [0.25, 0.3) is 5.56 Å². The molecule has 0 unspecified atom stereocenters. The number of allylic oxidation sites excluding steroid dienone is 2. The molecule has 0 saturated carbocycles. The van der Waals surface area contributed by atoms with E-state index in [4.69, 9.17) is 9.47 Å². The Morgan fingerprint density at radius 1 is 1.06 bits per heavy atom. The van der Waals surface area contributed by atoms with Crippen LogP contribution in [0.4, 0.5) is 0 Å². The number of fused-ring (bicyclic) bond motifs is 1. The summed E-state index contributed by atoms with van der Waals surface area (Å²) in [5.74, 6) is 0.483. The Balaban J connectivity index is 1.70. The molecule has 0 bridgehead atoms. The van der Waals surface area contributed by atoms with Crippen LogP contribution in [0.2, 0.25) is 0 Å². The number of carbonyl (C=O) groups is 2. The highest BCUT2D eigenvalue weighted by Gasteiger charge is 2.41. The van der Waals surface area contributed by atoms with Gasteiger partial charge in [0.05, 0.1) is 5.70 Å². The summed E-state index contributed by atoms with van der Waals surface area (Å²) >= 11 is 0. The largest absolute Gasteiger partial charge is 0.454 e. The van der Waals surface area contributed by atoms with E-state index in [2.05, 4.69) is 0 Å². The van der Waals surface area contributed by atoms with Crippen molar-refractivity contribution in [2.45, 2.75) is 45.4 Å². The van der Waals surface area contributed by atoms with Gasteiger partial charge in [-0.25, -0.2) is 9.69 Å². The number of amides is 1. The van der Waals surface area contributed by atoms with E-state index in [1.54, 1.807) is 26.0 Å². The average molecular weight is 431 g/mol. The van der Waals surface area contributed by atoms with Crippen LogP contribution < -0.4 is 20.0 Å². The van der Waals surface area contributed by atoms with Gasteiger partial charge in [-0.15, -0.1) is 0 Å². The van der Waals surface area contributed by atoms with Crippen LogP contribution in [0, 0.1) is 25.2 Å². The Kier molecular flexibility index (Phi) is 4.63. The second-order valence-corrected chi connectivity index (χ2v) is 8.28. The number of Topliss-reactive ketones (excluding diaryl/α,β-unsaturated/α-hetero) is 1. The van der Waals surface area contributed by atoms with Crippen LogP contribution in [0.15, 0.2) is 40.3 Å². The molecule has 8 nitrogen and oxygen atoms in total. The lowest BCUT2D eigenvalue weighted by Gasteiger charge is -2.39. The van der Waals surface area contributed by atoms with Crippen LogP contribution in [0.5, 0.6) is 11.5 Å². The maximum atomic E-state index is 13.4. The minimum absolute atomic E-state index is 0.00872. The van der Waals surface area contributed by atoms with Crippen molar-refractivity contribution >= 4 is 11.7 Å². The summed E-state index contributed by atoms with van der Waals surface area (Å²) in [7, 11) is 0. The van der Waals surface area contributed by atoms with Gasteiger partial charge >= 0.3 is 0 Å². The Morgan fingerprint density at radius 3 is 2.62 bits per heavy atom. The molecule has 0 saturated heterocycles. The molecule has 8 heteroatoms. The maximum Gasteiger partial charge on any atom is 0.288 e. The molecule has 1 atom stereocenters. The third kappa shape index (κ3) is 2.93. The molecule has 1 aromatic carbocycles. The van der Waals surface area contributed by atoms with Crippen LogP contribution in [0.1, 0.15) is 54.0 Å². The van der Waals surface area contributed by atoms with Crippen molar-refractivity contribution in [2.75, 3.05) is 11.8 Å². The monoisotopic (exact) mass is 431 g/mol. The van der Waals surface area contributed by atoms with Crippen LogP contribution in [0.3, 0.4) is 0 Å². The third-order valence-electron chi connectivity index (χ3n) is 6.32. The molecule has 0 spiro atoms. The molecule has 32 heavy (non-hydrogen) atoms. The number of nitrogens with zero attached hydrogens (tertiary/aromatic N) is 3. The van der Waals surface area contributed by atoms with Crippen molar-refractivity contribution in [3.8, 4) is 17.6 Å². The highest BCUT2D eigenvalue weighted by atomic mass is 16.7. The molecule has 2 aromatic rings. The molecular formula is C24H21N3O5. The van der Waals surface area contributed by atoms with E-state index in [1.807, 2.05) is 18.2 Å². The molecule has 3 aliphatic rings. The number of ketones is 1. The molecule has 0 radical (unpaired) electrons. The van der Waals surface area contributed by atoms with Crippen molar-refractivity contribution in [3.05, 3.63) is 68.3 Å². The van der Waals surface area contributed by atoms with E-state index in [0.29, 0.717) is 53.3 Å². The first-order valence-electron chi connectivity index (χ1n) is 10.5. The average Bonchev–Trinajstić information content (AvgIpc) is 3.23. The number of aromatic nitrogens is 1. The van der Waals surface area contributed by atoms with Crippen molar-refractivity contribution in [1.82, 2.24) is 4.68 Å². The summed E-state index contributed by atoms with van der Waals surface area (Å²) in [6.07, 6.45) is 1.52. The Labute approximate surface area is 184 Å². The number of hydrogen-bond donors (Lipinski definition) is 0. The number of nitriles is 1. The van der Waals surface area contributed by atoms with Crippen LogP contribution in [-0.2, 0) is 9.59 Å². The first kappa shape index (κ1) is 20.1. The minimum atomic E-state index is -0.551. The molecular weight excluding hydrogens is 410 g/mol. The normalized spacial score (nSPS) is 19.8. The van der Waals surface area contributed by atoms with E-state index in [-0.39, 0.29) is 30.5 Å². The van der Waals surface area contributed by atoms with Gasteiger partial charge < -0.3 is 9.47 Å². The van der Waals surface area contributed by atoms with Gasteiger partial charge in [-0.3, -0.25) is 14.4 Å². The molecule has 162 valence electrons. The molecule has 0 fully saturated rings. The predicted octanol–water partition coefficient (Wildman–Crippen LogP) is 2.72. The first-order valence-corrected chi connectivity index (χ1v) is 10.5. The highest BCUT2D eigenvalue weighted by Crippen LogP contribution is 2.43. The SMILES string of the molecule is Cc1cc(C)n(N2C(=O)C[C@H](c3ccc4c(c3)OCO4)C3=C2CCCC3=O)c(=O)c1C#N. The van der Waals surface area contributed by atoms with E-state index < -0.39 is 11.5 Å².